The van der Waals surface area contributed by atoms with E-state index in [1.807, 2.05) is 6.92 Å². The fourth-order valence-electron chi connectivity index (χ4n) is 1.53. The van der Waals surface area contributed by atoms with E-state index < -0.39 is 0 Å². The topological polar surface area (TPSA) is 61.5 Å². The van der Waals surface area contributed by atoms with E-state index in [4.69, 9.17) is 15.2 Å². The monoisotopic (exact) mass is 223 g/mol. The van der Waals surface area contributed by atoms with Gasteiger partial charge in [-0.2, -0.15) is 0 Å². The van der Waals surface area contributed by atoms with E-state index in [2.05, 4.69) is 0 Å². The molecule has 0 heterocycles. The first kappa shape index (κ1) is 12.5. The molecule has 0 unspecified atom stereocenters. The number of carbonyl (C=O) groups excluding carboxylic acids is 1. The molecule has 0 atom stereocenters. The fourth-order valence-corrected chi connectivity index (χ4v) is 1.53. The Hall–Kier alpha value is -1.55. The summed E-state index contributed by atoms with van der Waals surface area (Å²) in [5.74, 6) is 1.22. The Bertz CT molecular complexity index is 388. The summed E-state index contributed by atoms with van der Waals surface area (Å²) in [6, 6.07) is 3.49. The second-order valence-electron chi connectivity index (χ2n) is 3.48. The highest BCUT2D eigenvalue weighted by atomic mass is 16.5. The summed E-state index contributed by atoms with van der Waals surface area (Å²) < 4.78 is 10.4. The number of Topliss-reactive ketones (excluding diaryl/α,β-unsaturated/α-hetero) is 1. The van der Waals surface area contributed by atoms with Gasteiger partial charge in [0, 0.05) is 6.42 Å². The minimum absolute atomic E-state index is 0.0300. The van der Waals surface area contributed by atoms with E-state index in [-0.39, 0.29) is 5.78 Å². The lowest BCUT2D eigenvalue weighted by atomic mass is 10.0. The predicted molar refractivity (Wildman–Crippen MR) is 62.3 cm³/mol. The molecule has 0 saturated heterocycles. The first-order valence-corrected chi connectivity index (χ1v) is 5.10. The van der Waals surface area contributed by atoms with Gasteiger partial charge in [0.15, 0.2) is 5.78 Å². The van der Waals surface area contributed by atoms with Gasteiger partial charge in [0.25, 0.3) is 0 Å². The summed E-state index contributed by atoms with van der Waals surface area (Å²) in [4.78, 5) is 11.8. The van der Waals surface area contributed by atoms with Crippen molar-refractivity contribution in [1.82, 2.24) is 0 Å². The van der Waals surface area contributed by atoms with Crippen molar-refractivity contribution in [2.24, 2.45) is 5.73 Å². The maximum atomic E-state index is 11.8. The second-order valence-corrected chi connectivity index (χ2v) is 3.48. The lowest BCUT2D eigenvalue weighted by Gasteiger charge is -2.11. The molecule has 0 bridgehead atoms. The maximum Gasteiger partial charge on any atom is 0.167 e. The molecule has 1 aromatic carbocycles. The lowest BCUT2D eigenvalue weighted by molar-refractivity contribution is 0.0982. The quantitative estimate of drug-likeness (QED) is 0.769. The molecule has 0 amide bonds. The highest BCUT2D eigenvalue weighted by Crippen LogP contribution is 2.28. The molecule has 1 aromatic rings. The molecule has 2 N–H and O–H groups in total. The van der Waals surface area contributed by atoms with E-state index in [0.717, 1.165) is 5.56 Å². The molecule has 0 fully saturated rings. The van der Waals surface area contributed by atoms with Gasteiger partial charge in [0.1, 0.15) is 11.5 Å². The Labute approximate surface area is 95.3 Å². The number of benzene rings is 1. The third-order valence-electron chi connectivity index (χ3n) is 2.39. The molecule has 88 valence electrons. The van der Waals surface area contributed by atoms with Crippen LogP contribution in [0.1, 0.15) is 22.3 Å². The molecule has 16 heavy (non-hydrogen) atoms. The number of methoxy groups -OCH3 is 2. The van der Waals surface area contributed by atoms with Gasteiger partial charge >= 0.3 is 0 Å². The zero-order valence-corrected chi connectivity index (χ0v) is 9.87. The van der Waals surface area contributed by atoms with Crippen molar-refractivity contribution >= 4 is 5.78 Å². The van der Waals surface area contributed by atoms with Crippen LogP contribution in [0.25, 0.3) is 0 Å². The van der Waals surface area contributed by atoms with Crippen molar-refractivity contribution in [1.29, 1.82) is 0 Å². The molecule has 0 spiro atoms. The van der Waals surface area contributed by atoms with Gasteiger partial charge < -0.3 is 15.2 Å². The Balaban J connectivity index is 3.19. The minimum Gasteiger partial charge on any atom is -0.496 e. The van der Waals surface area contributed by atoms with E-state index >= 15 is 0 Å². The summed E-state index contributed by atoms with van der Waals surface area (Å²) >= 11 is 0. The molecule has 0 aliphatic heterocycles. The predicted octanol–water partition coefficient (Wildman–Crippen LogP) is 1.54. The minimum atomic E-state index is -0.0300. The summed E-state index contributed by atoms with van der Waals surface area (Å²) in [5, 5.41) is 0. The van der Waals surface area contributed by atoms with Crippen LogP contribution in [0.5, 0.6) is 11.5 Å². The van der Waals surface area contributed by atoms with E-state index in [1.54, 1.807) is 26.4 Å². The zero-order valence-electron chi connectivity index (χ0n) is 9.87. The third-order valence-corrected chi connectivity index (χ3v) is 2.39. The smallest absolute Gasteiger partial charge is 0.167 e. The molecular formula is C12H17NO3. The highest BCUT2D eigenvalue weighted by Gasteiger charge is 2.14. The van der Waals surface area contributed by atoms with Gasteiger partial charge in [-0.25, -0.2) is 0 Å². The van der Waals surface area contributed by atoms with Gasteiger partial charge in [-0.3, -0.25) is 4.79 Å². The number of ether oxygens (including phenoxy) is 2. The van der Waals surface area contributed by atoms with Crippen LogP contribution in [0.3, 0.4) is 0 Å². The average Bonchev–Trinajstić information content (AvgIpc) is 2.28. The van der Waals surface area contributed by atoms with E-state index in [1.165, 1.54) is 0 Å². The van der Waals surface area contributed by atoms with E-state index in [9.17, 15) is 4.79 Å². The standard InChI is InChI=1S/C12H17NO3/c1-8-6-12(16-3)9(7-11(8)15-2)10(14)4-5-13/h6-7H,4-5,13H2,1-3H3. The number of hydrogen-bond acceptors (Lipinski definition) is 4. The summed E-state index contributed by atoms with van der Waals surface area (Å²) in [6.07, 6.45) is 0.308. The van der Waals surface area contributed by atoms with Crippen molar-refractivity contribution < 1.29 is 14.3 Å². The van der Waals surface area contributed by atoms with Crippen LogP contribution in [0.15, 0.2) is 12.1 Å². The van der Waals surface area contributed by atoms with Crippen LogP contribution < -0.4 is 15.2 Å². The number of nitrogens with two attached hydrogens (primary N) is 1. The Morgan fingerprint density at radius 1 is 1.25 bits per heavy atom. The fraction of sp³-hybridized carbons (Fsp3) is 0.417. The first-order chi connectivity index (χ1) is 7.63. The SMILES string of the molecule is COc1cc(C(=O)CCN)c(OC)cc1C. The van der Waals surface area contributed by atoms with Crippen molar-refractivity contribution in [2.75, 3.05) is 20.8 Å². The number of aryl methyl sites for hydroxylation is 1. The summed E-state index contributed by atoms with van der Waals surface area (Å²) in [5.41, 5.74) is 6.82. The van der Waals surface area contributed by atoms with Crippen molar-refractivity contribution in [3.8, 4) is 11.5 Å². The Kier molecular flexibility index (Phi) is 4.31. The number of rotatable bonds is 5. The zero-order chi connectivity index (χ0) is 12.1. The van der Waals surface area contributed by atoms with Crippen LogP contribution in [0, 0.1) is 6.92 Å². The van der Waals surface area contributed by atoms with Crippen LogP contribution in [0.2, 0.25) is 0 Å². The van der Waals surface area contributed by atoms with Gasteiger partial charge in [-0.15, -0.1) is 0 Å². The van der Waals surface area contributed by atoms with Crippen molar-refractivity contribution in [3.05, 3.63) is 23.3 Å². The van der Waals surface area contributed by atoms with Crippen molar-refractivity contribution in [2.45, 2.75) is 13.3 Å². The normalized spacial score (nSPS) is 10.0. The molecule has 0 saturated carbocycles. The number of hydrogen-bond donors (Lipinski definition) is 1. The Morgan fingerprint density at radius 2 is 1.88 bits per heavy atom. The second kappa shape index (κ2) is 5.51. The van der Waals surface area contributed by atoms with Gasteiger partial charge in [-0.1, -0.05) is 0 Å². The highest BCUT2D eigenvalue weighted by molar-refractivity contribution is 5.99. The number of ketones is 1. The van der Waals surface area contributed by atoms with Crippen LogP contribution in [-0.4, -0.2) is 26.5 Å². The molecule has 1 rings (SSSR count). The molecule has 4 heteroatoms. The van der Waals surface area contributed by atoms with Gasteiger partial charge in [-0.05, 0) is 31.2 Å². The molecule has 0 aromatic heterocycles. The molecule has 0 aliphatic carbocycles. The first-order valence-electron chi connectivity index (χ1n) is 5.10. The lowest BCUT2D eigenvalue weighted by Crippen LogP contribution is -2.10. The van der Waals surface area contributed by atoms with Crippen LogP contribution in [-0.2, 0) is 0 Å². The average molecular weight is 223 g/mol. The molecule has 0 aliphatic rings. The third kappa shape index (κ3) is 2.52. The Morgan fingerprint density at radius 3 is 2.38 bits per heavy atom. The van der Waals surface area contributed by atoms with Crippen molar-refractivity contribution in [3.63, 3.8) is 0 Å². The maximum absolute atomic E-state index is 11.8. The van der Waals surface area contributed by atoms with Crippen LogP contribution >= 0.6 is 0 Å². The molecule has 0 radical (unpaired) electrons. The summed E-state index contributed by atoms with van der Waals surface area (Å²) in [6.45, 7) is 2.23. The molecular weight excluding hydrogens is 206 g/mol. The van der Waals surface area contributed by atoms with Gasteiger partial charge in [0.2, 0.25) is 0 Å². The van der Waals surface area contributed by atoms with E-state index in [0.29, 0.717) is 30.0 Å². The number of carbonyl (C=O) groups is 1. The van der Waals surface area contributed by atoms with Gasteiger partial charge in [0.05, 0.1) is 19.8 Å². The largest absolute Gasteiger partial charge is 0.496 e. The molecule has 4 nitrogen and oxygen atoms in total. The van der Waals surface area contributed by atoms with Crippen LogP contribution in [0.4, 0.5) is 0 Å². The summed E-state index contributed by atoms with van der Waals surface area (Å²) in [7, 11) is 3.12.